The number of benzene rings is 1. The number of rotatable bonds is 4. The summed E-state index contributed by atoms with van der Waals surface area (Å²) in [5.74, 6) is 0. The number of nitrogens with one attached hydrogen (secondary N) is 1. The maximum absolute atomic E-state index is 5.58. The van der Waals surface area contributed by atoms with Crippen molar-refractivity contribution in [1.82, 2.24) is 4.98 Å². The second-order valence-electron chi connectivity index (χ2n) is 5.09. The SMILES string of the molecule is Cc1cc(Nc2ccc(C3=NOC(CN)C3)cc2)ccn1. The minimum atomic E-state index is 0.0117. The van der Waals surface area contributed by atoms with Gasteiger partial charge in [0.2, 0.25) is 0 Å². The van der Waals surface area contributed by atoms with E-state index in [1.165, 1.54) is 0 Å². The third-order valence-corrected chi connectivity index (χ3v) is 3.40. The maximum Gasteiger partial charge on any atom is 0.145 e. The van der Waals surface area contributed by atoms with Gasteiger partial charge in [0.05, 0.1) is 5.71 Å². The van der Waals surface area contributed by atoms with Crippen molar-refractivity contribution >= 4 is 17.1 Å². The molecule has 1 atom stereocenters. The average Bonchev–Trinajstić information content (AvgIpc) is 2.97. The van der Waals surface area contributed by atoms with Crippen molar-refractivity contribution in [2.75, 3.05) is 11.9 Å². The number of oxime groups is 1. The maximum atomic E-state index is 5.58. The third-order valence-electron chi connectivity index (χ3n) is 3.40. The first kappa shape index (κ1) is 13.6. The van der Waals surface area contributed by atoms with Gasteiger partial charge in [0, 0.05) is 36.2 Å². The summed E-state index contributed by atoms with van der Waals surface area (Å²) in [6, 6.07) is 12.1. The van der Waals surface area contributed by atoms with Gasteiger partial charge in [-0.05, 0) is 36.8 Å². The Bertz CT molecular complexity index is 652. The molecule has 108 valence electrons. The van der Waals surface area contributed by atoms with Crippen LogP contribution in [0.3, 0.4) is 0 Å². The van der Waals surface area contributed by atoms with E-state index in [1.54, 1.807) is 6.20 Å². The molecule has 3 rings (SSSR count). The first-order valence-electron chi connectivity index (χ1n) is 6.97. The molecule has 0 amide bonds. The Labute approximate surface area is 123 Å². The topological polar surface area (TPSA) is 72.5 Å². The lowest BCUT2D eigenvalue weighted by atomic mass is 10.0. The van der Waals surface area contributed by atoms with E-state index in [0.717, 1.165) is 34.8 Å². The monoisotopic (exact) mass is 282 g/mol. The van der Waals surface area contributed by atoms with E-state index in [9.17, 15) is 0 Å². The van der Waals surface area contributed by atoms with Crippen LogP contribution in [0.2, 0.25) is 0 Å². The minimum absolute atomic E-state index is 0.0117. The quantitative estimate of drug-likeness (QED) is 0.904. The molecule has 1 unspecified atom stereocenters. The highest BCUT2D eigenvalue weighted by Gasteiger charge is 2.20. The van der Waals surface area contributed by atoms with Gasteiger partial charge in [0.15, 0.2) is 0 Å². The summed E-state index contributed by atoms with van der Waals surface area (Å²) in [5.41, 5.74) is 10.7. The second-order valence-corrected chi connectivity index (χ2v) is 5.09. The first-order chi connectivity index (χ1) is 10.2. The lowest BCUT2D eigenvalue weighted by Crippen LogP contribution is -2.20. The van der Waals surface area contributed by atoms with Gasteiger partial charge in [0.1, 0.15) is 6.10 Å². The molecular weight excluding hydrogens is 264 g/mol. The molecule has 0 spiro atoms. The Balaban J connectivity index is 1.70. The minimum Gasteiger partial charge on any atom is -0.390 e. The van der Waals surface area contributed by atoms with Crippen molar-refractivity contribution in [3.8, 4) is 0 Å². The fraction of sp³-hybridized carbons (Fsp3) is 0.250. The van der Waals surface area contributed by atoms with Gasteiger partial charge in [-0.3, -0.25) is 4.98 Å². The van der Waals surface area contributed by atoms with Gasteiger partial charge in [0.25, 0.3) is 0 Å². The number of aromatic nitrogens is 1. The van der Waals surface area contributed by atoms with Crippen LogP contribution in [0.25, 0.3) is 0 Å². The lowest BCUT2D eigenvalue weighted by molar-refractivity contribution is 0.0918. The number of anilines is 2. The Kier molecular flexibility index (Phi) is 3.83. The smallest absolute Gasteiger partial charge is 0.145 e. The molecule has 0 aliphatic carbocycles. The van der Waals surface area contributed by atoms with E-state index < -0.39 is 0 Å². The highest BCUT2D eigenvalue weighted by atomic mass is 16.6. The third kappa shape index (κ3) is 3.20. The normalized spacial score (nSPS) is 17.2. The zero-order valence-electron chi connectivity index (χ0n) is 11.9. The Hall–Kier alpha value is -2.40. The number of nitrogens with two attached hydrogens (primary N) is 1. The van der Waals surface area contributed by atoms with Crippen molar-refractivity contribution in [1.29, 1.82) is 0 Å². The number of hydrogen-bond acceptors (Lipinski definition) is 5. The van der Waals surface area contributed by atoms with E-state index in [1.807, 2.05) is 43.3 Å². The molecular formula is C16H18N4O. The first-order valence-corrected chi connectivity index (χ1v) is 6.97. The van der Waals surface area contributed by atoms with Gasteiger partial charge >= 0.3 is 0 Å². The molecule has 2 aromatic rings. The highest BCUT2D eigenvalue weighted by molar-refractivity contribution is 6.01. The Morgan fingerprint density at radius 1 is 1.24 bits per heavy atom. The van der Waals surface area contributed by atoms with E-state index in [2.05, 4.69) is 15.5 Å². The van der Waals surface area contributed by atoms with Gasteiger partial charge in [-0.25, -0.2) is 0 Å². The van der Waals surface area contributed by atoms with Crippen LogP contribution < -0.4 is 11.1 Å². The molecule has 1 aromatic heterocycles. The second kappa shape index (κ2) is 5.93. The molecule has 0 bridgehead atoms. The predicted octanol–water partition coefficient (Wildman–Crippen LogP) is 2.59. The molecule has 1 aliphatic rings. The molecule has 2 heterocycles. The van der Waals surface area contributed by atoms with Crippen molar-refractivity contribution in [2.24, 2.45) is 10.9 Å². The zero-order valence-corrected chi connectivity index (χ0v) is 11.9. The fourth-order valence-electron chi connectivity index (χ4n) is 2.26. The van der Waals surface area contributed by atoms with Crippen LogP contribution in [0.5, 0.6) is 0 Å². The summed E-state index contributed by atoms with van der Waals surface area (Å²) >= 11 is 0. The summed E-state index contributed by atoms with van der Waals surface area (Å²) in [7, 11) is 0. The number of nitrogens with zero attached hydrogens (tertiary/aromatic N) is 2. The van der Waals surface area contributed by atoms with E-state index in [0.29, 0.717) is 6.54 Å². The van der Waals surface area contributed by atoms with Crippen molar-refractivity contribution in [3.63, 3.8) is 0 Å². The molecule has 5 heteroatoms. The standard InChI is InChI=1S/C16H18N4O/c1-11-8-14(6-7-18-11)19-13-4-2-12(3-5-13)16-9-15(10-17)21-20-16/h2-8,15H,9-10,17H2,1H3,(H,18,19). The molecule has 3 N–H and O–H groups in total. The number of pyridine rings is 1. The van der Waals surface area contributed by atoms with Crippen LogP contribution >= 0.6 is 0 Å². The van der Waals surface area contributed by atoms with Crippen LogP contribution in [-0.4, -0.2) is 23.3 Å². The average molecular weight is 282 g/mol. The van der Waals surface area contributed by atoms with E-state index >= 15 is 0 Å². The number of aryl methyl sites for hydroxylation is 1. The van der Waals surface area contributed by atoms with Crippen molar-refractivity contribution < 1.29 is 4.84 Å². The molecule has 1 aliphatic heterocycles. The van der Waals surface area contributed by atoms with Crippen molar-refractivity contribution in [3.05, 3.63) is 53.9 Å². The lowest BCUT2D eigenvalue weighted by Gasteiger charge is -2.08. The number of hydrogen-bond donors (Lipinski definition) is 2. The fourth-order valence-corrected chi connectivity index (χ4v) is 2.26. The summed E-state index contributed by atoms with van der Waals surface area (Å²) in [5, 5.41) is 7.44. The van der Waals surface area contributed by atoms with Gasteiger partial charge in [-0.1, -0.05) is 17.3 Å². The largest absolute Gasteiger partial charge is 0.390 e. The van der Waals surface area contributed by atoms with Crippen LogP contribution in [0.15, 0.2) is 47.8 Å². The van der Waals surface area contributed by atoms with Crippen LogP contribution in [0.1, 0.15) is 17.7 Å². The van der Waals surface area contributed by atoms with E-state index in [-0.39, 0.29) is 6.10 Å². The van der Waals surface area contributed by atoms with Crippen LogP contribution in [-0.2, 0) is 4.84 Å². The van der Waals surface area contributed by atoms with Gasteiger partial charge in [-0.2, -0.15) is 0 Å². The zero-order chi connectivity index (χ0) is 14.7. The van der Waals surface area contributed by atoms with Gasteiger partial charge < -0.3 is 15.9 Å². The molecule has 0 radical (unpaired) electrons. The van der Waals surface area contributed by atoms with Gasteiger partial charge in [-0.15, -0.1) is 0 Å². The molecule has 0 fully saturated rings. The van der Waals surface area contributed by atoms with E-state index in [4.69, 9.17) is 10.6 Å². The molecule has 5 nitrogen and oxygen atoms in total. The van der Waals surface area contributed by atoms with Crippen LogP contribution in [0, 0.1) is 6.92 Å². The van der Waals surface area contributed by atoms with Crippen molar-refractivity contribution in [2.45, 2.75) is 19.4 Å². The molecule has 1 aromatic carbocycles. The molecule has 0 saturated carbocycles. The summed E-state index contributed by atoms with van der Waals surface area (Å²) in [6.45, 7) is 2.47. The molecule has 0 saturated heterocycles. The predicted molar refractivity (Wildman–Crippen MR) is 83.8 cm³/mol. The molecule has 21 heavy (non-hydrogen) atoms. The Morgan fingerprint density at radius 3 is 2.71 bits per heavy atom. The summed E-state index contributed by atoms with van der Waals surface area (Å²) in [6.07, 6.45) is 2.58. The highest BCUT2D eigenvalue weighted by Crippen LogP contribution is 2.20. The Morgan fingerprint density at radius 2 is 2.05 bits per heavy atom. The summed E-state index contributed by atoms with van der Waals surface area (Å²) in [4.78, 5) is 9.43. The van der Waals surface area contributed by atoms with Crippen LogP contribution in [0.4, 0.5) is 11.4 Å². The summed E-state index contributed by atoms with van der Waals surface area (Å²) < 4.78 is 0.